The third-order valence-corrected chi connectivity index (χ3v) is 2.22. The minimum absolute atomic E-state index is 0.0537. The van der Waals surface area contributed by atoms with Gasteiger partial charge >= 0.3 is 0 Å². The molecular formula is C12H10F4. The molecule has 0 aliphatic heterocycles. The molecule has 0 spiro atoms. The summed E-state index contributed by atoms with van der Waals surface area (Å²) >= 11 is 0. The minimum Gasteiger partial charge on any atom is -0.203 e. The maximum absolute atomic E-state index is 13.4. The predicted octanol–water partition coefficient (Wildman–Crippen LogP) is 3.37. The van der Waals surface area contributed by atoms with Crippen molar-refractivity contribution in [2.45, 2.75) is 26.2 Å². The first-order valence-electron chi connectivity index (χ1n) is 4.81. The molecule has 0 bridgehead atoms. The highest BCUT2D eigenvalue weighted by Crippen LogP contribution is 2.25. The monoisotopic (exact) mass is 230 g/mol. The zero-order valence-corrected chi connectivity index (χ0v) is 8.71. The summed E-state index contributed by atoms with van der Waals surface area (Å²) in [6.45, 7) is 1.66. The number of benzene rings is 1. The standard InChI is InChI=1S/C12H10F4/c1-3-5-7-9(13)11(15)8(6-4-2)12(16)10(7)14/h1H,4-6H2,2H3. The number of hydrogen-bond donors (Lipinski definition) is 0. The van der Waals surface area contributed by atoms with Gasteiger partial charge in [0.15, 0.2) is 23.3 Å². The predicted molar refractivity (Wildman–Crippen MR) is 52.8 cm³/mol. The highest BCUT2D eigenvalue weighted by molar-refractivity contribution is 5.32. The average Bonchev–Trinajstić information content (AvgIpc) is 2.28. The van der Waals surface area contributed by atoms with E-state index < -0.39 is 40.8 Å². The van der Waals surface area contributed by atoms with Crippen LogP contribution in [0.4, 0.5) is 17.6 Å². The highest BCUT2D eigenvalue weighted by atomic mass is 19.2. The minimum atomic E-state index is -1.39. The quantitative estimate of drug-likeness (QED) is 0.424. The summed E-state index contributed by atoms with van der Waals surface area (Å²) in [6.07, 6.45) is 4.73. The van der Waals surface area contributed by atoms with Gasteiger partial charge in [-0.2, -0.15) is 0 Å². The van der Waals surface area contributed by atoms with Crippen LogP contribution in [0.1, 0.15) is 24.5 Å². The Hall–Kier alpha value is -1.50. The maximum Gasteiger partial charge on any atom is 0.166 e. The Morgan fingerprint density at radius 1 is 0.938 bits per heavy atom. The molecule has 0 aliphatic rings. The second-order valence-electron chi connectivity index (χ2n) is 3.34. The van der Waals surface area contributed by atoms with Crippen LogP contribution in [0.15, 0.2) is 0 Å². The third kappa shape index (κ3) is 2.04. The van der Waals surface area contributed by atoms with Crippen molar-refractivity contribution < 1.29 is 17.6 Å². The van der Waals surface area contributed by atoms with Crippen LogP contribution in [0.3, 0.4) is 0 Å². The van der Waals surface area contributed by atoms with Crippen LogP contribution in [0.5, 0.6) is 0 Å². The summed E-state index contributed by atoms with van der Waals surface area (Å²) in [4.78, 5) is 0. The van der Waals surface area contributed by atoms with Gasteiger partial charge in [-0.15, -0.1) is 12.3 Å². The van der Waals surface area contributed by atoms with E-state index in [0.29, 0.717) is 6.42 Å². The van der Waals surface area contributed by atoms with E-state index >= 15 is 0 Å². The van der Waals surface area contributed by atoms with E-state index in [-0.39, 0.29) is 6.42 Å². The van der Waals surface area contributed by atoms with Crippen molar-refractivity contribution in [2.24, 2.45) is 0 Å². The molecule has 0 heterocycles. The van der Waals surface area contributed by atoms with Gasteiger partial charge < -0.3 is 0 Å². The van der Waals surface area contributed by atoms with Crippen molar-refractivity contribution in [1.29, 1.82) is 0 Å². The summed E-state index contributed by atoms with van der Waals surface area (Å²) in [5, 5.41) is 0. The fourth-order valence-corrected chi connectivity index (χ4v) is 1.45. The maximum atomic E-state index is 13.4. The molecule has 0 fully saturated rings. The van der Waals surface area contributed by atoms with Crippen LogP contribution in [0.25, 0.3) is 0 Å². The first-order valence-corrected chi connectivity index (χ1v) is 4.81. The molecule has 1 aromatic rings. The molecule has 0 aliphatic carbocycles. The van der Waals surface area contributed by atoms with Crippen molar-refractivity contribution in [1.82, 2.24) is 0 Å². The van der Waals surface area contributed by atoms with Gasteiger partial charge in [0.2, 0.25) is 0 Å². The molecule has 0 saturated heterocycles. The largest absolute Gasteiger partial charge is 0.203 e. The molecule has 0 amide bonds. The van der Waals surface area contributed by atoms with Crippen molar-refractivity contribution in [3.8, 4) is 12.3 Å². The first kappa shape index (κ1) is 12.6. The van der Waals surface area contributed by atoms with Gasteiger partial charge in [0, 0.05) is 17.5 Å². The number of hydrogen-bond acceptors (Lipinski definition) is 0. The Kier molecular flexibility index (Phi) is 3.94. The van der Waals surface area contributed by atoms with E-state index in [9.17, 15) is 17.6 Å². The molecule has 0 radical (unpaired) electrons. The molecule has 0 N–H and O–H groups in total. The molecule has 1 aromatic carbocycles. The Balaban J connectivity index is 3.44. The topological polar surface area (TPSA) is 0 Å². The Morgan fingerprint density at radius 3 is 1.75 bits per heavy atom. The lowest BCUT2D eigenvalue weighted by atomic mass is 10.0. The van der Waals surface area contributed by atoms with Gasteiger partial charge in [-0.25, -0.2) is 17.6 Å². The van der Waals surface area contributed by atoms with Gasteiger partial charge in [-0.05, 0) is 6.42 Å². The lowest BCUT2D eigenvalue weighted by molar-refractivity contribution is 0.428. The normalized spacial score (nSPS) is 10.2. The molecular weight excluding hydrogens is 220 g/mol. The molecule has 0 unspecified atom stereocenters. The SMILES string of the molecule is C#CCc1c(F)c(F)c(CCC)c(F)c1F. The molecule has 0 saturated carbocycles. The van der Waals surface area contributed by atoms with Gasteiger partial charge in [-0.3, -0.25) is 0 Å². The second-order valence-corrected chi connectivity index (χ2v) is 3.34. The van der Waals surface area contributed by atoms with E-state index in [1.807, 2.05) is 5.92 Å². The zero-order chi connectivity index (χ0) is 12.3. The third-order valence-electron chi connectivity index (χ3n) is 2.22. The molecule has 0 aromatic heterocycles. The second kappa shape index (κ2) is 5.02. The fraction of sp³-hybridized carbons (Fsp3) is 0.333. The lowest BCUT2D eigenvalue weighted by Crippen LogP contribution is -2.08. The summed E-state index contributed by atoms with van der Waals surface area (Å²) in [6, 6.07) is 0. The molecule has 16 heavy (non-hydrogen) atoms. The van der Waals surface area contributed by atoms with E-state index in [1.54, 1.807) is 6.92 Å². The number of terminal acetylenes is 1. The van der Waals surface area contributed by atoms with E-state index in [0.717, 1.165) is 0 Å². The molecule has 4 heteroatoms. The summed E-state index contributed by atoms with van der Waals surface area (Å²) < 4.78 is 53.4. The fourth-order valence-electron chi connectivity index (χ4n) is 1.45. The smallest absolute Gasteiger partial charge is 0.166 e. The van der Waals surface area contributed by atoms with Crippen LogP contribution in [0, 0.1) is 35.6 Å². The summed E-state index contributed by atoms with van der Waals surface area (Å²) in [5.41, 5.74) is -1.28. The number of halogens is 4. The van der Waals surface area contributed by atoms with Crippen molar-refractivity contribution in [3.63, 3.8) is 0 Å². The van der Waals surface area contributed by atoms with Gasteiger partial charge in [0.05, 0.1) is 0 Å². The van der Waals surface area contributed by atoms with Crippen molar-refractivity contribution in [2.75, 3.05) is 0 Å². The van der Waals surface area contributed by atoms with E-state index in [4.69, 9.17) is 6.42 Å². The van der Waals surface area contributed by atoms with Crippen LogP contribution in [-0.4, -0.2) is 0 Å². The van der Waals surface area contributed by atoms with Crippen LogP contribution < -0.4 is 0 Å². The van der Waals surface area contributed by atoms with Crippen LogP contribution >= 0.6 is 0 Å². The van der Waals surface area contributed by atoms with Gasteiger partial charge in [0.25, 0.3) is 0 Å². The van der Waals surface area contributed by atoms with E-state index in [2.05, 4.69) is 0 Å². The Morgan fingerprint density at radius 2 is 1.38 bits per heavy atom. The summed E-state index contributed by atoms with van der Waals surface area (Å²) in [5.74, 6) is -3.50. The first-order chi connectivity index (χ1) is 7.54. The molecule has 1 rings (SSSR count). The van der Waals surface area contributed by atoms with Crippen LogP contribution in [0.2, 0.25) is 0 Å². The Labute approximate surface area is 91.3 Å². The van der Waals surface area contributed by atoms with Gasteiger partial charge in [-0.1, -0.05) is 13.3 Å². The van der Waals surface area contributed by atoms with Gasteiger partial charge in [0.1, 0.15) is 0 Å². The van der Waals surface area contributed by atoms with Crippen LogP contribution in [-0.2, 0) is 12.8 Å². The lowest BCUT2D eigenvalue weighted by Gasteiger charge is -2.09. The van der Waals surface area contributed by atoms with Crippen molar-refractivity contribution in [3.05, 3.63) is 34.4 Å². The molecule has 86 valence electrons. The zero-order valence-electron chi connectivity index (χ0n) is 8.71. The van der Waals surface area contributed by atoms with E-state index in [1.165, 1.54) is 0 Å². The van der Waals surface area contributed by atoms with Crippen molar-refractivity contribution >= 4 is 0 Å². The summed E-state index contributed by atoms with van der Waals surface area (Å²) in [7, 11) is 0. The number of rotatable bonds is 3. The molecule has 0 atom stereocenters. The molecule has 0 nitrogen and oxygen atoms in total. The Bertz CT molecular complexity index is 414. The average molecular weight is 230 g/mol. The highest BCUT2D eigenvalue weighted by Gasteiger charge is 2.23.